The number of pyridine rings is 1. The molecule has 92 valence electrons. The topological polar surface area (TPSA) is 72.0 Å². The number of aromatic nitrogens is 1. The predicted octanol–water partition coefficient (Wildman–Crippen LogP) is 3.68. The summed E-state index contributed by atoms with van der Waals surface area (Å²) in [5.41, 5.74) is 5.91. The average Bonchev–Trinajstić information content (AvgIpc) is 2.33. The molecule has 0 aliphatic carbocycles. The number of rotatable bonds is 3. The van der Waals surface area contributed by atoms with Gasteiger partial charge < -0.3 is 10.5 Å². The van der Waals surface area contributed by atoms with Crippen LogP contribution < -0.4 is 10.5 Å². The Morgan fingerprint density at radius 2 is 2.00 bits per heavy atom. The smallest absolute Gasteiger partial charge is 0.219 e. The first kappa shape index (κ1) is 13.0. The molecule has 2 rings (SSSR count). The Hall–Kier alpha value is -1.40. The molecule has 2 aromatic rings. The van der Waals surface area contributed by atoms with Gasteiger partial charge in [0.1, 0.15) is 11.6 Å². The van der Waals surface area contributed by atoms with Gasteiger partial charge in [-0.05, 0) is 40.2 Å². The lowest BCUT2D eigenvalue weighted by atomic mass is 10.3. The molecule has 0 spiro atoms. The van der Waals surface area contributed by atoms with Crippen molar-refractivity contribution in [3.63, 3.8) is 0 Å². The molecule has 0 aliphatic heterocycles. The average molecular weight is 371 g/mol. The van der Waals surface area contributed by atoms with Gasteiger partial charge in [-0.2, -0.15) is 0 Å². The molecule has 18 heavy (non-hydrogen) atoms. The monoisotopic (exact) mass is 369 g/mol. The SMILES string of the molecule is N=C(N)c1ccc(Oc2ccc(Br)cc2Br)nc1. The lowest BCUT2D eigenvalue weighted by Crippen LogP contribution is -2.11. The number of nitrogens with two attached hydrogens (primary N) is 1. The van der Waals surface area contributed by atoms with Gasteiger partial charge in [-0.3, -0.25) is 5.41 Å². The van der Waals surface area contributed by atoms with Gasteiger partial charge in [0.05, 0.1) is 4.47 Å². The van der Waals surface area contributed by atoms with Gasteiger partial charge >= 0.3 is 0 Å². The molecule has 0 radical (unpaired) electrons. The summed E-state index contributed by atoms with van der Waals surface area (Å²) in [6.07, 6.45) is 1.50. The normalized spacial score (nSPS) is 10.1. The minimum absolute atomic E-state index is 0.0149. The summed E-state index contributed by atoms with van der Waals surface area (Å²) in [4.78, 5) is 4.08. The zero-order valence-corrected chi connectivity index (χ0v) is 12.3. The van der Waals surface area contributed by atoms with Crippen LogP contribution >= 0.6 is 31.9 Å². The van der Waals surface area contributed by atoms with E-state index in [1.54, 1.807) is 12.1 Å². The third kappa shape index (κ3) is 3.08. The number of nitrogens with zero attached hydrogens (tertiary/aromatic N) is 1. The van der Waals surface area contributed by atoms with E-state index in [9.17, 15) is 0 Å². The van der Waals surface area contributed by atoms with Crippen LogP contribution in [0.2, 0.25) is 0 Å². The van der Waals surface area contributed by atoms with E-state index in [4.69, 9.17) is 15.9 Å². The lowest BCUT2D eigenvalue weighted by Gasteiger charge is -2.07. The van der Waals surface area contributed by atoms with Crippen molar-refractivity contribution in [1.82, 2.24) is 4.98 Å². The number of halogens is 2. The molecule has 0 saturated carbocycles. The van der Waals surface area contributed by atoms with Gasteiger partial charge in [-0.25, -0.2) is 4.98 Å². The molecule has 1 heterocycles. The van der Waals surface area contributed by atoms with Crippen molar-refractivity contribution in [2.45, 2.75) is 0 Å². The third-order valence-corrected chi connectivity index (χ3v) is 3.27. The summed E-state index contributed by atoms with van der Waals surface area (Å²) in [5, 5.41) is 7.27. The fraction of sp³-hybridized carbons (Fsp3) is 0. The van der Waals surface area contributed by atoms with Crippen LogP contribution in [0.3, 0.4) is 0 Å². The largest absolute Gasteiger partial charge is 0.438 e. The third-order valence-electron chi connectivity index (χ3n) is 2.16. The minimum Gasteiger partial charge on any atom is -0.438 e. The molecule has 1 aromatic carbocycles. The Balaban J connectivity index is 2.21. The maximum atomic E-state index is 7.27. The summed E-state index contributed by atoms with van der Waals surface area (Å²) in [7, 11) is 0. The first-order valence-corrected chi connectivity index (χ1v) is 6.58. The van der Waals surface area contributed by atoms with Gasteiger partial charge in [0.2, 0.25) is 5.88 Å². The highest BCUT2D eigenvalue weighted by Crippen LogP contribution is 2.31. The second-order valence-corrected chi connectivity index (χ2v) is 5.25. The molecule has 6 heteroatoms. The number of benzene rings is 1. The molecule has 0 saturated heterocycles. The van der Waals surface area contributed by atoms with Crippen molar-refractivity contribution >= 4 is 37.7 Å². The van der Waals surface area contributed by atoms with Crippen LogP contribution in [0.1, 0.15) is 5.56 Å². The van der Waals surface area contributed by atoms with E-state index >= 15 is 0 Å². The van der Waals surface area contributed by atoms with E-state index < -0.39 is 0 Å². The Labute approximate surface area is 121 Å². The van der Waals surface area contributed by atoms with Crippen LogP contribution in [0.4, 0.5) is 0 Å². The van der Waals surface area contributed by atoms with Crippen molar-refractivity contribution in [2.75, 3.05) is 0 Å². The molecule has 0 aliphatic rings. The summed E-state index contributed by atoms with van der Waals surface area (Å²) in [5.74, 6) is 1.10. The molecule has 0 bridgehead atoms. The van der Waals surface area contributed by atoms with E-state index in [-0.39, 0.29) is 5.84 Å². The highest BCUT2D eigenvalue weighted by molar-refractivity contribution is 9.11. The summed E-state index contributed by atoms with van der Waals surface area (Å²) in [6, 6.07) is 8.96. The van der Waals surface area contributed by atoms with Crippen molar-refractivity contribution < 1.29 is 4.74 Å². The predicted molar refractivity (Wildman–Crippen MR) is 77.2 cm³/mol. The minimum atomic E-state index is -0.0149. The van der Waals surface area contributed by atoms with Crippen LogP contribution in [0, 0.1) is 5.41 Å². The Bertz CT molecular complexity index is 584. The van der Waals surface area contributed by atoms with Crippen LogP contribution in [0.25, 0.3) is 0 Å². The van der Waals surface area contributed by atoms with Crippen molar-refractivity contribution in [3.05, 3.63) is 51.0 Å². The standard InChI is InChI=1S/C12H9Br2N3O/c13-8-2-3-10(9(14)5-8)18-11-4-1-7(6-17-11)12(15)16/h1-6H,(H3,15,16). The van der Waals surface area contributed by atoms with E-state index in [0.717, 1.165) is 8.95 Å². The van der Waals surface area contributed by atoms with Crippen LogP contribution in [0.5, 0.6) is 11.6 Å². The lowest BCUT2D eigenvalue weighted by molar-refractivity contribution is 0.460. The van der Waals surface area contributed by atoms with Crippen molar-refractivity contribution in [2.24, 2.45) is 5.73 Å². The first-order chi connectivity index (χ1) is 8.56. The molecule has 0 amide bonds. The zero-order chi connectivity index (χ0) is 13.1. The fourth-order valence-corrected chi connectivity index (χ4v) is 2.40. The quantitative estimate of drug-likeness (QED) is 0.639. The van der Waals surface area contributed by atoms with Crippen LogP contribution in [-0.2, 0) is 0 Å². The second-order valence-electron chi connectivity index (χ2n) is 3.48. The number of hydrogen-bond acceptors (Lipinski definition) is 3. The van der Waals surface area contributed by atoms with E-state index in [1.165, 1.54) is 6.20 Å². The second kappa shape index (κ2) is 5.49. The molecule has 1 aromatic heterocycles. The van der Waals surface area contributed by atoms with E-state index in [0.29, 0.717) is 17.2 Å². The number of amidine groups is 1. The Morgan fingerprint density at radius 1 is 1.22 bits per heavy atom. The van der Waals surface area contributed by atoms with Gasteiger partial charge in [0, 0.05) is 22.3 Å². The van der Waals surface area contributed by atoms with Gasteiger partial charge in [0.25, 0.3) is 0 Å². The van der Waals surface area contributed by atoms with Gasteiger partial charge in [-0.15, -0.1) is 0 Å². The number of ether oxygens (including phenoxy) is 1. The van der Waals surface area contributed by atoms with Crippen molar-refractivity contribution in [3.8, 4) is 11.6 Å². The van der Waals surface area contributed by atoms with E-state index in [1.807, 2.05) is 18.2 Å². The van der Waals surface area contributed by atoms with Crippen LogP contribution in [-0.4, -0.2) is 10.8 Å². The number of hydrogen-bond donors (Lipinski definition) is 2. The molecule has 0 unspecified atom stereocenters. The highest BCUT2D eigenvalue weighted by atomic mass is 79.9. The maximum absolute atomic E-state index is 7.27. The van der Waals surface area contributed by atoms with Gasteiger partial charge in [0.15, 0.2) is 0 Å². The Morgan fingerprint density at radius 3 is 2.56 bits per heavy atom. The molecular weight excluding hydrogens is 362 g/mol. The summed E-state index contributed by atoms with van der Waals surface area (Å²) < 4.78 is 7.40. The molecule has 0 atom stereocenters. The van der Waals surface area contributed by atoms with Gasteiger partial charge in [-0.1, -0.05) is 15.9 Å². The van der Waals surface area contributed by atoms with Crippen molar-refractivity contribution in [1.29, 1.82) is 5.41 Å². The maximum Gasteiger partial charge on any atom is 0.219 e. The Kier molecular flexibility index (Phi) is 3.98. The number of nitrogen functional groups attached to an aromatic ring is 1. The molecular formula is C12H9Br2N3O. The summed E-state index contributed by atoms with van der Waals surface area (Å²) >= 11 is 6.77. The molecule has 4 nitrogen and oxygen atoms in total. The molecule has 0 fully saturated rings. The van der Waals surface area contributed by atoms with E-state index in [2.05, 4.69) is 36.8 Å². The fourth-order valence-electron chi connectivity index (χ4n) is 1.27. The van der Waals surface area contributed by atoms with Crippen LogP contribution in [0.15, 0.2) is 45.5 Å². The number of nitrogens with one attached hydrogen (secondary N) is 1. The molecule has 3 N–H and O–H groups in total. The first-order valence-electron chi connectivity index (χ1n) is 4.99. The highest BCUT2D eigenvalue weighted by Gasteiger charge is 2.05. The zero-order valence-electron chi connectivity index (χ0n) is 9.15. The summed E-state index contributed by atoms with van der Waals surface area (Å²) in [6.45, 7) is 0.